The summed E-state index contributed by atoms with van der Waals surface area (Å²) < 4.78 is 0. The molecule has 0 amide bonds. The van der Waals surface area contributed by atoms with Crippen LogP contribution in [0.5, 0.6) is 0 Å². The van der Waals surface area contributed by atoms with Crippen LogP contribution in [0.4, 0.5) is 11.4 Å². The molecule has 1 unspecified atom stereocenters. The largest absolute Gasteiger partial charge is 0.398 e. The quantitative estimate of drug-likeness (QED) is 0.327. The maximum absolute atomic E-state index is 7.20. The van der Waals surface area contributed by atoms with Crippen molar-refractivity contribution in [1.82, 2.24) is 0 Å². The van der Waals surface area contributed by atoms with Gasteiger partial charge in [-0.3, -0.25) is 0 Å². The fraction of sp³-hybridized carbons (Fsp3) is 0.222. The first-order valence-corrected chi connectivity index (χ1v) is 8.90. The Morgan fingerprint density at radius 1 is 1.53 bits per heavy atom. The van der Waals surface area contributed by atoms with Gasteiger partial charge in [-0.2, -0.15) is 0 Å². The highest BCUT2D eigenvalue weighted by atomic mass is 127. The summed E-state index contributed by atoms with van der Waals surface area (Å²) in [5.74, 6) is 0. The molecule has 0 saturated heterocycles. The van der Waals surface area contributed by atoms with Crippen LogP contribution in [0, 0.1) is 5.41 Å². The molecule has 1 aromatic rings. The molecule has 1 atom stereocenters. The van der Waals surface area contributed by atoms with E-state index in [1.54, 1.807) is 6.07 Å². The lowest BCUT2D eigenvalue weighted by atomic mass is 10.2. The number of hydrogen-bond donors (Lipinski definition) is 3. The summed E-state index contributed by atoms with van der Waals surface area (Å²) in [5.41, 5.74) is 7.59. The van der Waals surface area contributed by atoms with Crippen LogP contribution in [0.3, 0.4) is 0 Å². The molecule has 0 radical (unpaired) electrons. The maximum atomic E-state index is 7.20. The number of nitrogens with two attached hydrogens (primary N) is 1. The lowest BCUT2D eigenvalue weighted by Gasteiger charge is -2.09. The molecular formula is C9H14ClIN3P. The molecule has 0 heterocycles. The molecule has 0 aromatic heterocycles. The van der Waals surface area contributed by atoms with E-state index in [4.69, 9.17) is 22.7 Å². The molecule has 6 heteroatoms. The van der Waals surface area contributed by atoms with Crippen molar-refractivity contribution in [3.63, 3.8) is 0 Å². The molecule has 0 fully saturated rings. The topological polar surface area (TPSA) is 61.9 Å². The second-order valence-electron chi connectivity index (χ2n) is 2.29. The normalized spacial score (nSPS) is 9.60. The van der Waals surface area contributed by atoms with E-state index >= 15 is 0 Å². The highest BCUT2D eigenvalue weighted by molar-refractivity contribution is 14.2. The van der Waals surface area contributed by atoms with Crippen LogP contribution in [0.25, 0.3) is 0 Å². The lowest BCUT2D eigenvalue weighted by molar-refractivity contribution is 1.50. The van der Waals surface area contributed by atoms with Gasteiger partial charge in [-0.25, -0.2) is 0 Å². The molecule has 84 valence electrons. The monoisotopic (exact) mass is 357 g/mol. The summed E-state index contributed by atoms with van der Waals surface area (Å²) >= 11 is 8.13. The Labute approximate surface area is 110 Å². The number of rotatable bonds is 3. The summed E-state index contributed by atoms with van der Waals surface area (Å²) in [6.45, 7) is 4.00. The van der Waals surface area contributed by atoms with Crippen molar-refractivity contribution in [2.45, 2.75) is 13.8 Å². The third-order valence-electron chi connectivity index (χ3n) is 1.54. The second kappa shape index (κ2) is 8.13. The van der Waals surface area contributed by atoms with Gasteiger partial charge in [0.05, 0.1) is 10.7 Å². The van der Waals surface area contributed by atoms with Gasteiger partial charge in [-0.05, 0) is 34.2 Å². The first kappa shape index (κ1) is 14.9. The van der Waals surface area contributed by atoms with E-state index in [1.807, 2.05) is 19.9 Å². The average Bonchev–Trinajstić information content (AvgIpc) is 2.27. The zero-order chi connectivity index (χ0) is 11.8. The van der Waals surface area contributed by atoms with E-state index in [2.05, 4.69) is 27.1 Å². The Kier molecular flexibility index (Phi) is 8.10. The van der Waals surface area contributed by atoms with Crippen LogP contribution >= 0.6 is 40.0 Å². The molecule has 4 N–H and O–H groups in total. The Morgan fingerprint density at radius 2 is 2.13 bits per heavy atom. The third-order valence-corrected chi connectivity index (χ3v) is 3.13. The van der Waals surface area contributed by atoms with Crippen molar-refractivity contribution in [2.75, 3.05) is 10.8 Å². The standard InChI is InChI=1S/C7H8ClIN3P.C2H6/c8-7-4(3-10)6(12-13-9)2-1-5(7)11;1-2/h1-3,10,12-13H,11H2;1-2H3. The maximum Gasteiger partial charge on any atom is 0.0743 e. The lowest BCUT2D eigenvalue weighted by Crippen LogP contribution is -1.95. The fourth-order valence-corrected chi connectivity index (χ4v) is 2.32. The fourth-order valence-electron chi connectivity index (χ4n) is 0.911. The number of halogens is 2. The van der Waals surface area contributed by atoms with Gasteiger partial charge >= 0.3 is 0 Å². The third kappa shape index (κ3) is 4.13. The summed E-state index contributed by atoms with van der Waals surface area (Å²) in [7, 11) is 0. The van der Waals surface area contributed by atoms with Crippen molar-refractivity contribution in [3.05, 3.63) is 22.7 Å². The van der Waals surface area contributed by atoms with Crippen LogP contribution < -0.4 is 10.8 Å². The second-order valence-corrected chi connectivity index (χ2v) is 4.73. The van der Waals surface area contributed by atoms with E-state index in [-0.39, 0.29) is 0 Å². The van der Waals surface area contributed by atoms with Crippen LogP contribution in [0.15, 0.2) is 12.1 Å². The summed E-state index contributed by atoms with van der Waals surface area (Å²) in [4.78, 5) is 0. The van der Waals surface area contributed by atoms with E-state index in [0.717, 1.165) is 5.69 Å². The Morgan fingerprint density at radius 3 is 2.60 bits per heavy atom. The number of anilines is 2. The molecule has 1 aromatic carbocycles. The molecule has 0 saturated carbocycles. The number of nitrogens with one attached hydrogen (secondary N) is 2. The smallest absolute Gasteiger partial charge is 0.0743 e. The SMILES string of the molecule is CC.N=Cc1c(NPI)ccc(N)c1Cl. The van der Waals surface area contributed by atoms with Gasteiger partial charge in [0, 0.05) is 23.8 Å². The average molecular weight is 358 g/mol. The zero-order valence-corrected chi connectivity index (χ0v) is 12.5. The molecular weight excluding hydrogens is 343 g/mol. The molecule has 1 rings (SSSR count). The minimum atomic E-state index is 0.439. The first-order chi connectivity index (χ1) is 7.20. The van der Waals surface area contributed by atoms with Gasteiger partial charge in [0.2, 0.25) is 0 Å². The summed E-state index contributed by atoms with van der Waals surface area (Å²) in [6.07, 6.45) is 1.75. The van der Waals surface area contributed by atoms with Crippen molar-refractivity contribution < 1.29 is 0 Å². The van der Waals surface area contributed by atoms with Gasteiger partial charge in [-0.15, -0.1) is 0 Å². The van der Waals surface area contributed by atoms with Gasteiger partial charge in [0.15, 0.2) is 0 Å². The molecule has 3 nitrogen and oxygen atoms in total. The van der Waals surface area contributed by atoms with Gasteiger partial charge in [0.25, 0.3) is 0 Å². The number of benzene rings is 1. The molecule has 0 aliphatic heterocycles. The molecule has 0 aliphatic carbocycles. The van der Waals surface area contributed by atoms with Gasteiger partial charge in [0.1, 0.15) is 0 Å². The first-order valence-electron chi connectivity index (χ1n) is 4.40. The minimum absolute atomic E-state index is 0.439. The van der Waals surface area contributed by atoms with E-state index in [1.165, 1.54) is 6.21 Å². The highest BCUT2D eigenvalue weighted by Gasteiger charge is 2.06. The highest BCUT2D eigenvalue weighted by Crippen LogP contribution is 2.32. The Hall–Kier alpha value is -0.0600. The van der Waals surface area contributed by atoms with Crippen LogP contribution in [-0.2, 0) is 0 Å². The zero-order valence-electron chi connectivity index (χ0n) is 8.57. The van der Waals surface area contributed by atoms with Crippen molar-refractivity contribution in [2.24, 2.45) is 0 Å². The van der Waals surface area contributed by atoms with E-state index in [9.17, 15) is 0 Å². The van der Waals surface area contributed by atoms with Crippen molar-refractivity contribution >= 4 is 57.6 Å². The summed E-state index contributed by atoms with van der Waals surface area (Å²) in [6, 6.07) is 3.56. The van der Waals surface area contributed by atoms with Gasteiger partial charge in [-0.1, -0.05) is 25.4 Å². The predicted octanol–water partition coefficient (Wildman–Crippen LogP) is 4.30. The van der Waals surface area contributed by atoms with E-state index < -0.39 is 0 Å². The Balaban J connectivity index is 0.000000921. The molecule has 15 heavy (non-hydrogen) atoms. The predicted molar refractivity (Wildman–Crippen MR) is 81.1 cm³/mol. The molecule has 0 bridgehead atoms. The van der Waals surface area contributed by atoms with Crippen LogP contribution in [0.2, 0.25) is 5.02 Å². The molecule has 0 spiro atoms. The molecule has 0 aliphatic rings. The van der Waals surface area contributed by atoms with Crippen LogP contribution in [0.1, 0.15) is 19.4 Å². The Bertz CT molecular complexity index is 333. The van der Waals surface area contributed by atoms with Crippen molar-refractivity contribution in [1.29, 1.82) is 5.41 Å². The van der Waals surface area contributed by atoms with E-state index in [0.29, 0.717) is 22.6 Å². The number of hydrogen-bond acceptors (Lipinski definition) is 3. The van der Waals surface area contributed by atoms with Crippen LogP contribution in [-0.4, -0.2) is 6.21 Å². The number of nitrogen functional groups attached to an aromatic ring is 1. The van der Waals surface area contributed by atoms with Crippen molar-refractivity contribution in [3.8, 4) is 0 Å². The minimum Gasteiger partial charge on any atom is -0.398 e. The van der Waals surface area contributed by atoms with Gasteiger partial charge < -0.3 is 16.2 Å². The summed E-state index contributed by atoms with van der Waals surface area (Å²) in [5, 5.41) is 10.8.